The van der Waals surface area contributed by atoms with Gasteiger partial charge in [0.05, 0.1) is 11.8 Å². The average molecular weight is 362 g/mol. The fourth-order valence-electron chi connectivity index (χ4n) is 1.96. The topological polar surface area (TPSA) is 50.9 Å². The SMILES string of the molecule is CSc1ccc(-n2ncc(-c3ccc(Br)cc3)c2O)nc1. The molecule has 1 aromatic carbocycles. The van der Waals surface area contributed by atoms with Crippen LogP contribution >= 0.6 is 27.7 Å². The molecule has 2 aromatic heterocycles. The summed E-state index contributed by atoms with van der Waals surface area (Å²) < 4.78 is 2.43. The number of thioether (sulfide) groups is 1. The van der Waals surface area contributed by atoms with Crippen molar-refractivity contribution in [1.82, 2.24) is 14.8 Å². The molecule has 21 heavy (non-hydrogen) atoms. The zero-order chi connectivity index (χ0) is 14.8. The van der Waals surface area contributed by atoms with E-state index in [1.54, 1.807) is 24.2 Å². The molecule has 6 heteroatoms. The molecular formula is C15H12BrN3OS. The van der Waals surface area contributed by atoms with Gasteiger partial charge in [-0.2, -0.15) is 9.78 Å². The average Bonchev–Trinajstić information content (AvgIpc) is 2.90. The molecule has 2 heterocycles. The molecular weight excluding hydrogens is 350 g/mol. The Morgan fingerprint density at radius 3 is 2.48 bits per heavy atom. The molecule has 4 nitrogen and oxygen atoms in total. The summed E-state index contributed by atoms with van der Waals surface area (Å²) >= 11 is 5.02. The lowest BCUT2D eigenvalue weighted by Crippen LogP contribution is -1.98. The first-order chi connectivity index (χ1) is 10.2. The van der Waals surface area contributed by atoms with Crippen molar-refractivity contribution in [3.63, 3.8) is 0 Å². The first-order valence-electron chi connectivity index (χ1n) is 6.22. The smallest absolute Gasteiger partial charge is 0.223 e. The van der Waals surface area contributed by atoms with Gasteiger partial charge in [0.25, 0.3) is 0 Å². The first-order valence-corrected chi connectivity index (χ1v) is 8.24. The van der Waals surface area contributed by atoms with Crippen LogP contribution in [0.4, 0.5) is 0 Å². The second-order valence-corrected chi connectivity index (χ2v) is 6.15. The molecule has 0 saturated heterocycles. The van der Waals surface area contributed by atoms with Crippen LogP contribution in [-0.4, -0.2) is 26.1 Å². The molecule has 0 spiro atoms. The predicted molar refractivity (Wildman–Crippen MR) is 87.9 cm³/mol. The maximum Gasteiger partial charge on any atom is 0.223 e. The molecule has 0 unspecified atom stereocenters. The molecule has 0 aliphatic heterocycles. The summed E-state index contributed by atoms with van der Waals surface area (Å²) in [7, 11) is 0. The summed E-state index contributed by atoms with van der Waals surface area (Å²) in [5, 5.41) is 14.6. The lowest BCUT2D eigenvalue weighted by atomic mass is 10.1. The van der Waals surface area contributed by atoms with Gasteiger partial charge < -0.3 is 5.11 Å². The van der Waals surface area contributed by atoms with E-state index in [0.29, 0.717) is 11.4 Å². The minimum Gasteiger partial charge on any atom is -0.493 e. The van der Waals surface area contributed by atoms with Crippen molar-refractivity contribution >= 4 is 27.7 Å². The molecule has 0 aliphatic rings. The summed E-state index contributed by atoms with van der Waals surface area (Å²) in [6.45, 7) is 0. The van der Waals surface area contributed by atoms with Crippen molar-refractivity contribution < 1.29 is 5.11 Å². The summed E-state index contributed by atoms with van der Waals surface area (Å²) in [5.74, 6) is 0.676. The van der Waals surface area contributed by atoms with E-state index < -0.39 is 0 Å². The van der Waals surface area contributed by atoms with E-state index in [-0.39, 0.29) is 5.88 Å². The van der Waals surface area contributed by atoms with Crippen LogP contribution in [0, 0.1) is 0 Å². The van der Waals surface area contributed by atoms with Gasteiger partial charge in [-0.3, -0.25) is 0 Å². The fourth-order valence-corrected chi connectivity index (χ4v) is 2.59. The summed E-state index contributed by atoms with van der Waals surface area (Å²) in [4.78, 5) is 5.38. The van der Waals surface area contributed by atoms with E-state index in [2.05, 4.69) is 26.0 Å². The molecule has 106 valence electrons. The van der Waals surface area contributed by atoms with Crippen LogP contribution in [-0.2, 0) is 0 Å². The Labute approximate surface area is 135 Å². The van der Waals surface area contributed by atoms with Crippen LogP contribution in [0.25, 0.3) is 16.9 Å². The van der Waals surface area contributed by atoms with Gasteiger partial charge >= 0.3 is 0 Å². The molecule has 3 rings (SSSR count). The van der Waals surface area contributed by atoms with Gasteiger partial charge in [-0.25, -0.2) is 4.98 Å². The van der Waals surface area contributed by atoms with Gasteiger partial charge in [-0.1, -0.05) is 28.1 Å². The van der Waals surface area contributed by atoms with Crippen molar-refractivity contribution in [2.24, 2.45) is 0 Å². The number of hydrogen-bond acceptors (Lipinski definition) is 4. The third kappa shape index (κ3) is 2.82. The zero-order valence-corrected chi connectivity index (χ0v) is 13.6. The van der Waals surface area contributed by atoms with Crippen LogP contribution in [0.1, 0.15) is 0 Å². The zero-order valence-electron chi connectivity index (χ0n) is 11.2. The first kappa shape index (κ1) is 14.2. The highest BCUT2D eigenvalue weighted by Crippen LogP contribution is 2.31. The van der Waals surface area contributed by atoms with Gasteiger partial charge in [0.1, 0.15) is 0 Å². The molecule has 0 fully saturated rings. The van der Waals surface area contributed by atoms with Crippen molar-refractivity contribution in [2.75, 3.05) is 6.26 Å². The summed E-state index contributed by atoms with van der Waals surface area (Å²) in [6, 6.07) is 11.5. The number of halogens is 1. The standard InChI is InChI=1S/C15H12BrN3OS/c1-21-12-6-7-14(17-8-12)19-15(20)13(9-18-19)10-2-4-11(16)5-3-10/h2-9,20H,1H3. The van der Waals surface area contributed by atoms with E-state index in [1.165, 1.54) is 4.68 Å². The largest absolute Gasteiger partial charge is 0.493 e. The summed E-state index contributed by atoms with van der Waals surface area (Å²) in [5.41, 5.74) is 1.58. The monoisotopic (exact) mass is 361 g/mol. The molecule has 3 aromatic rings. The second kappa shape index (κ2) is 5.91. The minimum atomic E-state index is 0.0849. The minimum absolute atomic E-state index is 0.0849. The maximum absolute atomic E-state index is 10.4. The molecule has 1 N–H and O–H groups in total. The Bertz CT molecular complexity index is 754. The Morgan fingerprint density at radius 1 is 1.10 bits per heavy atom. The number of benzene rings is 1. The maximum atomic E-state index is 10.4. The predicted octanol–water partition coefficient (Wildman–Crippen LogP) is 4.12. The third-order valence-electron chi connectivity index (χ3n) is 3.07. The Kier molecular flexibility index (Phi) is 3.98. The second-order valence-electron chi connectivity index (χ2n) is 4.36. The number of nitrogens with zero attached hydrogens (tertiary/aromatic N) is 3. The van der Waals surface area contributed by atoms with Gasteiger partial charge in [0.15, 0.2) is 5.82 Å². The summed E-state index contributed by atoms with van der Waals surface area (Å²) in [6.07, 6.45) is 5.40. The Balaban J connectivity index is 2.00. The van der Waals surface area contributed by atoms with E-state index >= 15 is 0 Å². The Hall–Kier alpha value is -1.79. The number of rotatable bonds is 3. The van der Waals surface area contributed by atoms with Gasteiger partial charge in [-0.15, -0.1) is 11.8 Å². The lowest BCUT2D eigenvalue weighted by Gasteiger charge is -2.04. The van der Waals surface area contributed by atoms with Crippen LogP contribution < -0.4 is 0 Å². The van der Waals surface area contributed by atoms with Gasteiger partial charge in [-0.05, 0) is 36.1 Å². The van der Waals surface area contributed by atoms with E-state index in [9.17, 15) is 5.11 Å². The van der Waals surface area contributed by atoms with Crippen LogP contribution in [0.15, 0.2) is 58.2 Å². The van der Waals surface area contributed by atoms with Crippen LogP contribution in [0.5, 0.6) is 5.88 Å². The molecule has 0 atom stereocenters. The third-order valence-corrected chi connectivity index (χ3v) is 4.31. The van der Waals surface area contributed by atoms with E-state index in [1.807, 2.05) is 42.7 Å². The molecule has 0 aliphatic carbocycles. The highest BCUT2D eigenvalue weighted by atomic mass is 79.9. The Morgan fingerprint density at radius 2 is 1.86 bits per heavy atom. The van der Waals surface area contributed by atoms with Crippen LogP contribution in [0.2, 0.25) is 0 Å². The highest BCUT2D eigenvalue weighted by molar-refractivity contribution is 9.10. The van der Waals surface area contributed by atoms with Gasteiger partial charge in [0.2, 0.25) is 5.88 Å². The highest BCUT2D eigenvalue weighted by Gasteiger charge is 2.13. The van der Waals surface area contributed by atoms with Crippen molar-refractivity contribution in [1.29, 1.82) is 0 Å². The van der Waals surface area contributed by atoms with Gasteiger partial charge in [0, 0.05) is 15.6 Å². The normalized spacial score (nSPS) is 10.8. The number of aromatic nitrogens is 3. The molecule has 0 amide bonds. The quantitative estimate of drug-likeness (QED) is 0.712. The van der Waals surface area contributed by atoms with Crippen molar-refractivity contribution in [2.45, 2.75) is 4.90 Å². The molecule has 0 radical (unpaired) electrons. The fraction of sp³-hybridized carbons (Fsp3) is 0.0667. The molecule has 0 bridgehead atoms. The number of hydrogen-bond donors (Lipinski definition) is 1. The number of pyridine rings is 1. The van der Waals surface area contributed by atoms with Crippen molar-refractivity contribution in [3.05, 3.63) is 53.3 Å². The lowest BCUT2D eigenvalue weighted by molar-refractivity contribution is 0.433. The molecule has 0 saturated carbocycles. The van der Waals surface area contributed by atoms with Crippen LogP contribution in [0.3, 0.4) is 0 Å². The number of aromatic hydroxyl groups is 1. The van der Waals surface area contributed by atoms with E-state index in [4.69, 9.17) is 0 Å². The van der Waals surface area contributed by atoms with Crippen molar-refractivity contribution in [3.8, 4) is 22.8 Å². The van der Waals surface area contributed by atoms with E-state index in [0.717, 1.165) is 14.9 Å².